The molecule has 0 spiro atoms. The van der Waals surface area contributed by atoms with Crippen molar-refractivity contribution in [2.24, 2.45) is 0 Å². The minimum Gasteiger partial charge on any atom is -0.508 e. The van der Waals surface area contributed by atoms with Crippen molar-refractivity contribution in [2.45, 2.75) is 6.92 Å². The Morgan fingerprint density at radius 1 is 0.650 bits per heavy atom. The van der Waals surface area contributed by atoms with Gasteiger partial charge in [0.05, 0.1) is 0 Å². The summed E-state index contributed by atoms with van der Waals surface area (Å²) in [4.78, 5) is 9.00. The summed E-state index contributed by atoms with van der Waals surface area (Å²) < 4.78 is 0. The lowest BCUT2D eigenvalue weighted by atomic mass is 10.3. The van der Waals surface area contributed by atoms with Gasteiger partial charge in [-0.25, -0.2) is 0 Å². The van der Waals surface area contributed by atoms with Crippen molar-refractivity contribution in [3.05, 3.63) is 48.5 Å². The molecule has 6 heteroatoms. The first-order valence-corrected chi connectivity index (χ1v) is 5.46. The first-order chi connectivity index (χ1) is 9.31. The van der Waals surface area contributed by atoms with E-state index < -0.39 is 5.97 Å². The van der Waals surface area contributed by atoms with Crippen LogP contribution >= 0.6 is 0 Å². The van der Waals surface area contributed by atoms with E-state index in [2.05, 4.69) is 0 Å². The van der Waals surface area contributed by atoms with E-state index in [1.54, 1.807) is 0 Å². The number of carboxylic acid groups (broad SMARTS) is 1. The minimum atomic E-state index is -0.833. The van der Waals surface area contributed by atoms with Crippen LogP contribution in [0.15, 0.2) is 48.5 Å². The lowest BCUT2D eigenvalue weighted by Gasteiger charge is -1.88. The molecule has 0 aliphatic heterocycles. The number of hydrogen-bond acceptors (Lipinski definition) is 5. The van der Waals surface area contributed by atoms with Gasteiger partial charge in [-0.1, -0.05) is 0 Å². The van der Waals surface area contributed by atoms with E-state index in [9.17, 15) is 0 Å². The van der Waals surface area contributed by atoms with Gasteiger partial charge < -0.3 is 25.5 Å². The third-order valence-electron chi connectivity index (χ3n) is 1.70. The molecule has 0 bridgehead atoms. The molecule has 0 aliphatic rings. The molecule has 20 heavy (non-hydrogen) atoms. The molecule has 0 fully saturated rings. The number of aromatic hydroxyl groups is 4. The minimum absolute atomic E-state index is 0.169. The van der Waals surface area contributed by atoms with Crippen LogP contribution in [0.1, 0.15) is 6.92 Å². The summed E-state index contributed by atoms with van der Waals surface area (Å²) in [5, 5.41) is 42.0. The molecule has 6 nitrogen and oxygen atoms in total. The van der Waals surface area contributed by atoms with Crippen molar-refractivity contribution < 1.29 is 30.3 Å². The molecule has 0 atom stereocenters. The fraction of sp³-hybridized carbons (Fsp3) is 0.0714. The number of carboxylic acids is 1. The number of carbonyl (C=O) groups is 1. The number of hydrogen-bond donors (Lipinski definition) is 5. The Bertz CT molecular complexity index is 415. The molecule has 2 rings (SSSR count). The molecule has 2 aromatic rings. The highest BCUT2D eigenvalue weighted by Gasteiger charge is 1.85. The Hall–Kier alpha value is -2.89. The maximum atomic E-state index is 9.00. The van der Waals surface area contributed by atoms with Crippen molar-refractivity contribution in [1.29, 1.82) is 0 Å². The van der Waals surface area contributed by atoms with Crippen molar-refractivity contribution in [3.8, 4) is 23.0 Å². The van der Waals surface area contributed by atoms with Crippen LogP contribution in [0.2, 0.25) is 0 Å². The highest BCUT2D eigenvalue weighted by molar-refractivity contribution is 5.62. The predicted octanol–water partition coefficient (Wildman–Crippen LogP) is 2.29. The molecule has 0 aromatic heterocycles. The fourth-order valence-electron chi connectivity index (χ4n) is 0.905. The number of aliphatic carboxylic acids is 1. The van der Waals surface area contributed by atoms with Crippen LogP contribution in [-0.2, 0) is 4.79 Å². The van der Waals surface area contributed by atoms with E-state index >= 15 is 0 Å². The smallest absolute Gasteiger partial charge is 0.300 e. The number of phenols is 4. The summed E-state index contributed by atoms with van der Waals surface area (Å²) >= 11 is 0. The number of rotatable bonds is 0. The molecule has 0 heterocycles. The summed E-state index contributed by atoms with van der Waals surface area (Å²) in [7, 11) is 0. The van der Waals surface area contributed by atoms with Gasteiger partial charge in [0.1, 0.15) is 23.0 Å². The molecule has 0 amide bonds. The molecule has 0 aliphatic carbocycles. The molecule has 0 saturated heterocycles. The standard InChI is InChI=1S/2C6H6O2.C2H4O2/c2*7-5-1-2-6(8)4-3-5;1-2(3)4/h2*1-4,7-8H;1H3,(H,3,4). The third kappa shape index (κ3) is 10.3. The summed E-state index contributed by atoms with van der Waals surface area (Å²) in [5.41, 5.74) is 0. The summed E-state index contributed by atoms with van der Waals surface area (Å²) in [6.45, 7) is 1.08. The van der Waals surface area contributed by atoms with Gasteiger partial charge in [-0.3, -0.25) is 4.79 Å². The molecular weight excluding hydrogens is 264 g/mol. The second kappa shape index (κ2) is 9.09. The van der Waals surface area contributed by atoms with Crippen molar-refractivity contribution in [3.63, 3.8) is 0 Å². The largest absolute Gasteiger partial charge is 0.508 e. The van der Waals surface area contributed by atoms with Crippen LogP contribution in [-0.4, -0.2) is 31.5 Å². The normalized spacial score (nSPS) is 8.45. The first kappa shape index (κ1) is 17.1. The Morgan fingerprint density at radius 2 is 0.750 bits per heavy atom. The fourth-order valence-corrected chi connectivity index (χ4v) is 0.905. The molecular formula is C14H16O6. The highest BCUT2D eigenvalue weighted by atomic mass is 16.4. The lowest BCUT2D eigenvalue weighted by Crippen LogP contribution is -1.78. The van der Waals surface area contributed by atoms with Crippen molar-refractivity contribution in [2.75, 3.05) is 0 Å². The lowest BCUT2D eigenvalue weighted by molar-refractivity contribution is -0.134. The monoisotopic (exact) mass is 280 g/mol. The van der Waals surface area contributed by atoms with E-state index in [0.29, 0.717) is 0 Å². The maximum absolute atomic E-state index is 9.00. The molecule has 2 aromatic carbocycles. The van der Waals surface area contributed by atoms with Gasteiger partial charge in [-0.2, -0.15) is 0 Å². The average Bonchev–Trinajstić information content (AvgIpc) is 2.37. The third-order valence-corrected chi connectivity index (χ3v) is 1.70. The summed E-state index contributed by atoms with van der Waals surface area (Å²) in [5.74, 6) is -0.156. The van der Waals surface area contributed by atoms with Crippen molar-refractivity contribution >= 4 is 5.97 Å². The van der Waals surface area contributed by atoms with Gasteiger partial charge >= 0.3 is 0 Å². The van der Waals surface area contributed by atoms with Crippen LogP contribution < -0.4 is 0 Å². The van der Waals surface area contributed by atoms with Crippen LogP contribution in [0.4, 0.5) is 0 Å². The second-order valence-corrected chi connectivity index (χ2v) is 3.55. The topological polar surface area (TPSA) is 118 Å². The Kier molecular flexibility index (Phi) is 7.78. The zero-order valence-electron chi connectivity index (χ0n) is 10.8. The molecule has 5 N–H and O–H groups in total. The van der Waals surface area contributed by atoms with Crippen molar-refractivity contribution in [1.82, 2.24) is 0 Å². The second-order valence-electron chi connectivity index (χ2n) is 3.55. The molecule has 0 unspecified atom stereocenters. The number of benzene rings is 2. The van der Waals surface area contributed by atoms with E-state index in [4.69, 9.17) is 30.3 Å². The van der Waals surface area contributed by atoms with E-state index in [-0.39, 0.29) is 23.0 Å². The van der Waals surface area contributed by atoms with Gasteiger partial charge in [0.2, 0.25) is 0 Å². The number of phenolic OH excluding ortho intramolecular Hbond substituents is 4. The Balaban J connectivity index is 0.000000289. The van der Waals surface area contributed by atoms with Crippen LogP contribution in [0.25, 0.3) is 0 Å². The molecule has 0 saturated carbocycles. The van der Waals surface area contributed by atoms with Gasteiger partial charge in [0.15, 0.2) is 0 Å². The first-order valence-electron chi connectivity index (χ1n) is 5.46. The Morgan fingerprint density at radius 3 is 0.850 bits per heavy atom. The maximum Gasteiger partial charge on any atom is 0.300 e. The summed E-state index contributed by atoms with van der Waals surface area (Å²) in [6.07, 6.45) is 0. The molecule has 108 valence electrons. The molecule has 0 radical (unpaired) electrons. The zero-order chi connectivity index (χ0) is 15.5. The van der Waals surface area contributed by atoms with Crippen LogP contribution in [0.3, 0.4) is 0 Å². The zero-order valence-corrected chi connectivity index (χ0v) is 10.8. The van der Waals surface area contributed by atoms with Gasteiger partial charge in [0, 0.05) is 6.92 Å². The Labute approximate surface area is 115 Å². The van der Waals surface area contributed by atoms with E-state index in [1.165, 1.54) is 48.5 Å². The SMILES string of the molecule is CC(=O)O.Oc1ccc(O)cc1.Oc1ccc(O)cc1. The van der Waals surface area contributed by atoms with Gasteiger partial charge in [-0.15, -0.1) is 0 Å². The van der Waals surface area contributed by atoms with Crippen LogP contribution in [0, 0.1) is 0 Å². The highest BCUT2D eigenvalue weighted by Crippen LogP contribution is 2.13. The van der Waals surface area contributed by atoms with Gasteiger partial charge in [0.25, 0.3) is 5.97 Å². The predicted molar refractivity (Wildman–Crippen MR) is 72.9 cm³/mol. The van der Waals surface area contributed by atoms with Gasteiger partial charge in [-0.05, 0) is 48.5 Å². The van der Waals surface area contributed by atoms with E-state index in [1.807, 2.05) is 0 Å². The summed E-state index contributed by atoms with van der Waals surface area (Å²) in [6, 6.07) is 11.4. The quantitative estimate of drug-likeness (QED) is 0.472. The van der Waals surface area contributed by atoms with Crippen LogP contribution in [0.5, 0.6) is 23.0 Å². The van der Waals surface area contributed by atoms with E-state index in [0.717, 1.165) is 6.92 Å². The average molecular weight is 280 g/mol.